The van der Waals surface area contributed by atoms with Crippen molar-refractivity contribution in [3.05, 3.63) is 29.8 Å². The van der Waals surface area contributed by atoms with Crippen LogP contribution in [0.4, 0.5) is 0 Å². The normalized spacial score (nSPS) is 33.9. The summed E-state index contributed by atoms with van der Waals surface area (Å²) in [4.78, 5) is 0. The molecule has 2 aliphatic rings. The third kappa shape index (κ3) is 1.93. The fourth-order valence-electron chi connectivity index (χ4n) is 4.21. The van der Waals surface area contributed by atoms with Gasteiger partial charge in [0.05, 0.1) is 7.11 Å². The van der Waals surface area contributed by atoms with Gasteiger partial charge in [-0.25, -0.2) is 0 Å². The van der Waals surface area contributed by atoms with Crippen LogP contribution in [0.15, 0.2) is 24.3 Å². The molecule has 3 rings (SSSR count). The van der Waals surface area contributed by atoms with Crippen molar-refractivity contribution in [2.75, 3.05) is 13.0 Å². The monoisotopic (exact) mass is 264 g/mol. The Balaban J connectivity index is 1.86. The first-order valence-corrected chi connectivity index (χ1v) is 7.49. The highest BCUT2D eigenvalue weighted by atomic mass is 35.5. The second-order valence-corrected chi connectivity index (χ2v) is 6.33. The Kier molecular flexibility index (Phi) is 3.27. The van der Waals surface area contributed by atoms with Gasteiger partial charge < -0.3 is 4.74 Å². The van der Waals surface area contributed by atoms with E-state index < -0.39 is 0 Å². The molecule has 0 spiro atoms. The van der Waals surface area contributed by atoms with Gasteiger partial charge in [-0.1, -0.05) is 24.6 Å². The average Bonchev–Trinajstić information content (AvgIpc) is 3.00. The molecule has 3 unspecified atom stereocenters. The Morgan fingerprint density at radius 1 is 1.33 bits per heavy atom. The number of fused-ring (bicyclic) bond motifs is 2. The SMILES string of the molecule is COc1ccccc1CC1(CCl)CC2CCC1C2. The van der Waals surface area contributed by atoms with Gasteiger partial charge in [-0.3, -0.25) is 0 Å². The van der Waals surface area contributed by atoms with Crippen molar-refractivity contribution < 1.29 is 4.74 Å². The van der Waals surface area contributed by atoms with Crippen LogP contribution in [0.5, 0.6) is 5.75 Å². The van der Waals surface area contributed by atoms with Crippen molar-refractivity contribution in [3.63, 3.8) is 0 Å². The molecule has 2 heteroatoms. The van der Waals surface area contributed by atoms with Crippen molar-refractivity contribution in [1.29, 1.82) is 0 Å². The summed E-state index contributed by atoms with van der Waals surface area (Å²) in [5, 5.41) is 0. The molecule has 2 bridgehead atoms. The van der Waals surface area contributed by atoms with E-state index in [1.54, 1.807) is 7.11 Å². The topological polar surface area (TPSA) is 9.23 Å². The van der Waals surface area contributed by atoms with Gasteiger partial charge in [0.1, 0.15) is 5.75 Å². The van der Waals surface area contributed by atoms with E-state index in [2.05, 4.69) is 18.2 Å². The standard InChI is InChI=1S/C16H21ClO/c1-18-15-5-3-2-4-13(15)10-16(11-17)9-12-6-7-14(16)8-12/h2-5,12,14H,6-11H2,1H3. The van der Waals surface area contributed by atoms with E-state index in [1.807, 2.05) is 6.07 Å². The average molecular weight is 265 g/mol. The van der Waals surface area contributed by atoms with Gasteiger partial charge in [0.2, 0.25) is 0 Å². The van der Waals surface area contributed by atoms with Gasteiger partial charge in [0.25, 0.3) is 0 Å². The van der Waals surface area contributed by atoms with Crippen LogP contribution in [0.25, 0.3) is 0 Å². The van der Waals surface area contributed by atoms with Crippen molar-refractivity contribution in [2.45, 2.75) is 32.1 Å². The Labute approximate surface area is 114 Å². The van der Waals surface area contributed by atoms with E-state index in [1.165, 1.54) is 31.2 Å². The fraction of sp³-hybridized carbons (Fsp3) is 0.625. The van der Waals surface area contributed by atoms with E-state index in [0.29, 0.717) is 5.41 Å². The molecule has 98 valence electrons. The molecule has 2 fully saturated rings. The van der Waals surface area contributed by atoms with Gasteiger partial charge >= 0.3 is 0 Å². The maximum absolute atomic E-state index is 6.36. The predicted molar refractivity (Wildman–Crippen MR) is 75.3 cm³/mol. The minimum absolute atomic E-state index is 0.332. The number of halogens is 1. The molecule has 2 saturated carbocycles. The Hall–Kier alpha value is -0.690. The summed E-state index contributed by atoms with van der Waals surface area (Å²) in [5.41, 5.74) is 1.66. The molecular formula is C16H21ClO. The third-order valence-corrected chi connectivity index (χ3v) is 5.64. The van der Waals surface area contributed by atoms with Crippen LogP contribution in [-0.2, 0) is 6.42 Å². The first-order chi connectivity index (χ1) is 8.77. The van der Waals surface area contributed by atoms with E-state index in [-0.39, 0.29) is 0 Å². The maximum Gasteiger partial charge on any atom is 0.122 e. The number of hydrogen-bond donors (Lipinski definition) is 0. The molecule has 0 heterocycles. The lowest BCUT2D eigenvalue weighted by atomic mass is 9.70. The number of hydrogen-bond acceptors (Lipinski definition) is 1. The van der Waals surface area contributed by atoms with Crippen molar-refractivity contribution in [3.8, 4) is 5.75 Å². The third-order valence-electron chi connectivity index (χ3n) is 5.10. The summed E-state index contributed by atoms with van der Waals surface area (Å²) in [5.74, 6) is 3.59. The Bertz CT molecular complexity index is 431. The summed E-state index contributed by atoms with van der Waals surface area (Å²) in [6.45, 7) is 0. The fourth-order valence-corrected chi connectivity index (χ4v) is 4.64. The van der Waals surface area contributed by atoms with Crippen LogP contribution in [-0.4, -0.2) is 13.0 Å². The van der Waals surface area contributed by atoms with E-state index >= 15 is 0 Å². The predicted octanol–water partition coefficient (Wildman–Crippen LogP) is 4.28. The lowest BCUT2D eigenvalue weighted by molar-refractivity contribution is 0.191. The first-order valence-electron chi connectivity index (χ1n) is 6.95. The molecule has 1 aromatic carbocycles. The molecule has 1 nitrogen and oxygen atoms in total. The quantitative estimate of drug-likeness (QED) is 0.738. The summed E-state index contributed by atoms with van der Waals surface area (Å²) >= 11 is 6.36. The summed E-state index contributed by atoms with van der Waals surface area (Å²) < 4.78 is 5.48. The second-order valence-electron chi connectivity index (χ2n) is 6.06. The zero-order chi connectivity index (χ0) is 12.6. The number of rotatable bonds is 4. The molecule has 0 saturated heterocycles. The van der Waals surface area contributed by atoms with Gasteiger partial charge in [-0.15, -0.1) is 11.6 Å². The highest BCUT2D eigenvalue weighted by molar-refractivity contribution is 6.18. The van der Waals surface area contributed by atoms with E-state index in [9.17, 15) is 0 Å². The lowest BCUT2D eigenvalue weighted by Crippen LogP contribution is -2.32. The molecule has 0 aliphatic heterocycles. The smallest absolute Gasteiger partial charge is 0.122 e. The molecule has 0 aromatic heterocycles. The number of ether oxygens (including phenoxy) is 1. The minimum atomic E-state index is 0.332. The highest BCUT2D eigenvalue weighted by Gasteiger charge is 2.50. The van der Waals surface area contributed by atoms with Crippen LogP contribution >= 0.6 is 11.6 Å². The molecule has 3 atom stereocenters. The van der Waals surface area contributed by atoms with Gasteiger partial charge in [-0.2, -0.15) is 0 Å². The number of benzene rings is 1. The lowest BCUT2D eigenvalue weighted by Gasteiger charge is -2.36. The molecule has 2 aliphatic carbocycles. The maximum atomic E-state index is 6.36. The van der Waals surface area contributed by atoms with Crippen LogP contribution in [0.3, 0.4) is 0 Å². The summed E-state index contributed by atoms with van der Waals surface area (Å²) in [6.07, 6.45) is 6.62. The zero-order valence-electron chi connectivity index (χ0n) is 11.0. The number of para-hydroxylation sites is 1. The first kappa shape index (κ1) is 12.3. The van der Waals surface area contributed by atoms with Gasteiger partial charge in [-0.05, 0) is 54.6 Å². The Morgan fingerprint density at radius 3 is 2.78 bits per heavy atom. The number of methoxy groups -OCH3 is 1. The molecule has 1 aromatic rings. The van der Waals surface area contributed by atoms with Crippen molar-refractivity contribution in [2.24, 2.45) is 17.3 Å². The van der Waals surface area contributed by atoms with E-state index in [0.717, 1.165) is 29.9 Å². The van der Waals surface area contributed by atoms with E-state index in [4.69, 9.17) is 16.3 Å². The Morgan fingerprint density at radius 2 is 2.17 bits per heavy atom. The molecule has 0 amide bonds. The van der Waals surface area contributed by atoms with Gasteiger partial charge in [0.15, 0.2) is 0 Å². The highest BCUT2D eigenvalue weighted by Crippen LogP contribution is 2.58. The van der Waals surface area contributed by atoms with Gasteiger partial charge in [0, 0.05) is 5.88 Å². The van der Waals surface area contributed by atoms with Crippen LogP contribution in [0, 0.1) is 17.3 Å². The molecule has 0 N–H and O–H groups in total. The summed E-state index contributed by atoms with van der Waals surface area (Å²) in [6, 6.07) is 8.40. The molecule has 18 heavy (non-hydrogen) atoms. The van der Waals surface area contributed by atoms with Crippen LogP contribution in [0.2, 0.25) is 0 Å². The van der Waals surface area contributed by atoms with Crippen LogP contribution in [0.1, 0.15) is 31.2 Å². The van der Waals surface area contributed by atoms with Crippen molar-refractivity contribution >= 4 is 11.6 Å². The minimum Gasteiger partial charge on any atom is -0.496 e. The van der Waals surface area contributed by atoms with Crippen LogP contribution < -0.4 is 4.74 Å². The summed E-state index contributed by atoms with van der Waals surface area (Å²) in [7, 11) is 1.76. The largest absolute Gasteiger partial charge is 0.496 e. The van der Waals surface area contributed by atoms with Crippen molar-refractivity contribution in [1.82, 2.24) is 0 Å². The molecule has 0 radical (unpaired) electrons. The molecular weight excluding hydrogens is 244 g/mol. The second kappa shape index (κ2) is 4.77. The zero-order valence-corrected chi connectivity index (χ0v) is 11.7. The number of alkyl halides is 1.